The molecule has 7 heteroatoms. The molecule has 0 spiro atoms. The third kappa shape index (κ3) is 7.78. The lowest BCUT2D eigenvalue weighted by atomic mass is 10.0. The molecule has 26 heavy (non-hydrogen) atoms. The van der Waals surface area contributed by atoms with E-state index in [4.69, 9.17) is 19.2 Å². The van der Waals surface area contributed by atoms with Crippen molar-refractivity contribution < 1.29 is 14.2 Å². The maximum Gasteiger partial charge on any atom is 0.191 e. The SMILES string of the molecule is CCNC(=NCC(C(C)C)N1CCOCC1)NCCCOC1CCOC1. The zero-order chi connectivity index (χ0) is 18.6. The zero-order valence-corrected chi connectivity index (χ0v) is 16.8. The van der Waals surface area contributed by atoms with E-state index in [9.17, 15) is 0 Å². The van der Waals surface area contributed by atoms with Gasteiger partial charge in [-0.15, -0.1) is 0 Å². The number of aliphatic imine (C=N–C) groups is 1. The van der Waals surface area contributed by atoms with Gasteiger partial charge in [0, 0.05) is 45.4 Å². The maximum atomic E-state index is 5.81. The van der Waals surface area contributed by atoms with Gasteiger partial charge in [-0.2, -0.15) is 0 Å². The third-order valence-corrected chi connectivity index (χ3v) is 4.92. The predicted octanol–water partition coefficient (Wildman–Crippen LogP) is 1.09. The standard InChI is InChI=1S/C19H38N4O3/c1-4-20-19(21-7-5-10-26-17-6-11-25-15-17)22-14-18(16(2)3)23-8-12-24-13-9-23/h16-18H,4-15H2,1-3H3,(H2,20,21,22). The Morgan fingerprint density at radius 1 is 1.19 bits per heavy atom. The molecular formula is C19H38N4O3. The fourth-order valence-corrected chi connectivity index (χ4v) is 3.36. The van der Waals surface area contributed by atoms with E-state index >= 15 is 0 Å². The molecule has 2 aliphatic heterocycles. The van der Waals surface area contributed by atoms with Crippen molar-refractivity contribution in [1.29, 1.82) is 0 Å². The summed E-state index contributed by atoms with van der Waals surface area (Å²) in [5.41, 5.74) is 0. The van der Waals surface area contributed by atoms with Gasteiger partial charge in [0.05, 0.1) is 32.5 Å². The number of rotatable bonds is 10. The molecule has 0 bridgehead atoms. The second-order valence-corrected chi connectivity index (χ2v) is 7.32. The Hall–Kier alpha value is -0.890. The Morgan fingerprint density at radius 3 is 2.65 bits per heavy atom. The normalized spacial score (nSPS) is 23.4. The predicted molar refractivity (Wildman–Crippen MR) is 105 cm³/mol. The highest BCUT2D eigenvalue weighted by Gasteiger charge is 2.23. The molecule has 0 aromatic rings. The molecule has 2 heterocycles. The van der Waals surface area contributed by atoms with Gasteiger partial charge in [0.15, 0.2) is 5.96 Å². The highest BCUT2D eigenvalue weighted by atomic mass is 16.5. The molecule has 0 aromatic carbocycles. The van der Waals surface area contributed by atoms with E-state index in [2.05, 4.69) is 36.3 Å². The smallest absolute Gasteiger partial charge is 0.191 e. The van der Waals surface area contributed by atoms with Crippen molar-refractivity contribution in [2.24, 2.45) is 10.9 Å². The first kappa shape index (κ1) is 21.4. The summed E-state index contributed by atoms with van der Waals surface area (Å²) in [6.45, 7) is 15.2. The zero-order valence-electron chi connectivity index (χ0n) is 16.8. The van der Waals surface area contributed by atoms with Gasteiger partial charge in [-0.3, -0.25) is 9.89 Å². The van der Waals surface area contributed by atoms with Crippen molar-refractivity contribution in [3.8, 4) is 0 Å². The summed E-state index contributed by atoms with van der Waals surface area (Å²) in [5, 5.41) is 6.77. The fraction of sp³-hybridized carbons (Fsp3) is 0.947. The van der Waals surface area contributed by atoms with Crippen LogP contribution in [0.1, 0.15) is 33.6 Å². The average molecular weight is 371 g/mol. The summed E-state index contributed by atoms with van der Waals surface area (Å²) >= 11 is 0. The van der Waals surface area contributed by atoms with E-state index in [1.54, 1.807) is 0 Å². The van der Waals surface area contributed by atoms with Crippen molar-refractivity contribution in [2.45, 2.75) is 45.8 Å². The van der Waals surface area contributed by atoms with Crippen LogP contribution in [0.15, 0.2) is 4.99 Å². The minimum atomic E-state index is 0.289. The topological polar surface area (TPSA) is 67.4 Å². The molecule has 2 saturated heterocycles. The van der Waals surface area contributed by atoms with E-state index in [0.29, 0.717) is 12.0 Å². The molecule has 152 valence electrons. The summed E-state index contributed by atoms with van der Waals surface area (Å²) < 4.78 is 16.6. The molecule has 2 atom stereocenters. The lowest BCUT2D eigenvalue weighted by molar-refractivity contribution is 0.00867. The Bertz CT molecular complexity index is 394. The van der Waals surface area contributed by atoms with Crippen LogP contribution in [0.5, 0.6) is 0 Å². The first-order chi connectivity index (χ1) is 12.7. The molecule has 0 radical (unpaired) electrons. The molecule has 2 N–H and O–H groups in total. The largest absolute Gasteiger partial charge is 0.379 e. The van der Waals surface area contributed by atoms with Crippen molar-refractivity contribution in [2.75, 3.05) is 65.8 Å². The van der Waals surface area contributed by atoms with Gasteiger partial charge in [-0.25, -0.2) is 0 Å². The van der Waals surface area contributed by atoms with E-state index < -0.39 is 0 Å². The van der Waals surface area contributed by atoms with Crippen LogP contribution in [0.3, 0.4) is 0 Å². The summed E-state index contributed by atoms with van der Waals surface area (Å²) in [4.78, 5) is 7.35. The lowest BCUT2D eigenvalue weighted by Crippen LogP contribution is -2.48. The van der Waals surface area contributed by atoms with Crippen molar-refractivity contribution in [3.05, 3.63) is 0 Å². The first-order valence-corrected chi connectivity index (χ1v) is 10.2. The van der Waals surface area contributed by atoms with Crippen LogP contribution < -0.4 is 10.6 Å². The van der Waals surface area contributed by atoms with Gasteiger partial charge < -0.3 is 24.8 Å². The van der Waals surface area contributed by atoms with Gasteiger partial charge in [0.25, 0.3) is 0 Å². The molecule has 2 rings (SSSR count). The van der Waals surface area contributed by atoms with Crippen LogP contribution in [0.4, 0.5) is 0 Å². The fourth-order valence-electron chi connectivity index (χ4n) is 3.36. The van der Waals surface area contributed by atoms with Crippen LogP contribution >= 0.6 is 0 Å². The number of morpholine rings is 1. The monoisotopic (exact) mass is 370 g/mol. The van der Waals surface area contributed by atoms with E-state index in [-0.39, 0.29) is 6.10 Å². The quantitative estimate of drug-likeness (QED) is 0.341. The highest BCUT2D eigenvalue weighted by molar-refractivity contribution is 5.79. The lowest BCUT2D eigenvalue weighted by Gasteiger charge is -2.36. The molecule has 2 unspecified atom stereocenters. The highest BCUT2D eigenvalue weighted by Crippen LogP contribution is 2.13. The molecule has 2 aliphatic rings. The summed E-state index contributed by atoms with van der Waals surface area (Å²) in [5.74, 6) is 1.47. The summed E-state index contributed by atoms with van der Waals surface area (Å²) in [7, 11) is 0. The van der Waals surface area contributed by atoms with Gasteiger partial charge >= 0.3 is 0 Å². The minimum absolute atomic E-state index is 0.289. The second kappa shape index (κ2) is 12.5. The number of guanidine groups is 1. The van der Waals surface area contributed by atoms with Gasteiger partial charge in [0.1, 0.15) is 0 Å². The molecular weight excluding hydrogens is 332 g/mol. The number of ether oxygens (including phenoxy) is 3. The van der Waals surface area contributed by atoms with Crippen LogP contribution in [0.25, 0.3) is 0 Å². The van der Waals surface area contributed by atoms with Gasteiger partial charge in [-0.05, 0) is 25.7 Å². The molecule has 0 aromatic heterocycles. The van der Waals surface area contributed by atoms with E-state index in [1.807, 2.05) is 0 Å². The molecule has 2 fully saturated rings. The van der Waals surface area contributed by atoms with Crippen LogP contribution in [-0.4, -0.2) is 88.8 Å². The Morgan fingerprint density at radius 2 is 2.00 bits per heavy atom. The van der Waals surface area contributed by atoms with Crippen molar-refractivity contribution in [3.63, 3.8) is 0 Å². The van der Waals surface area contributed by atoms with E-state index in [0.717, 1.165) is 84.6 Å². The van der Waals surface area contributed by atoms with Crippen LogP contribution in [0, 0.1) is 5.92 Å². The van der Waals surface area contributed by atoms with E-state index in [1.165, 1.54) is 0 Å². The minimum Gasteiger partial charge on any atom is -0.379 e. The Balaban J connectivity index is 1.72. The van der Waals surface area contributed by atoms with Crippen LogP contribution in [-0.2, 0) is 14.2 Å². The number of hydrogen-bond acceptors (Lipinski definition) is 5. The number of nitrogens with zero attached hydrogens (tertiary/aromatic N) is 2. The third-order valence-electron chi connectivity index (χ3n) is 4.92. The van der Waals surface area contributed by atoms with Crippen molar-refractivity contribution >= 4 is 5.96 Å². The van der Waals surface area contributed by atoms with Crippen molar-refractivity contribution in [1.82, 2.24) is 15.5 Å². The second-order valence-electron chi connectivity index (χ2n) is 7.32. The van der Waals surface area contributed by atoms with Gasteiger partial charge in [-0.1, -0.05) is 13.8 Å². The number of nitrogens with one attached hydrogen (secondary N) is 2. The maximum absolute atomic E-state index is 5.81. The summed E-state index contributed by atoms with van der Waals surface area (Å²) in [6.07, 6.45) is 2.28. The molecule has 0 aliphatic carbocycles. The van der Waals surface area contributed by atoms with Gasteiger partial charge in [0.2, 0.25) is 0 Å². The number of hydrogen-bond donors (Lipinski definition) is 2. The summed E-state index contributed by atoms with van der Waals surface area (Å²) in [6, 6.07) is 0.458. The molecule has 0 amide bonds. The van der Waals surface area contributed by atoms with Crippen LogP contribution in [0.2, 0.25) is 0 Å². The first-order valence-electron chi connectivity index (χ1n) is 10.2. The average Bonchev–Trinajstić information content (AvgIpc) is 3.15. The molecule has 7 nitrogen and oxygen atoms in total. The Kier molecular flexibility index (Phi) is 10.3. The molecule has 0 saturated carbocycles. The Labute approximate surface area is 158 Å².